The Bertz CT molecular complexity index is 613. The van der Waals surface area contributed by atoms with Crippen LogP contribution in [0.2, 0.25) is 0 Å². The molecule has 4 heteroatoms. The summed E-state index contributed by atoms with van der Waals surface area (Å²) < 4.78 is 2.23. The van der Waals surface area contributed by atoms with E-state index in [9.17, 15) is 0 Å². The van der Waals surface area contributed by atoms with Crippen LogP contribution in [0.3, 0.4) is 0 Å². The lowest BCUT2D eigenvalue weighted by molar-refractivity contribution is -0.696. The van der Waals surface area contributed by atoms with Crippen molar-refractivity contribution in [3.63, 3.8) is 0 Å². The standard InChI is InChI=1S/C20H27N3S/c1-2-3-4-5-6-10-15-23-16-11-14-19(17-23)22-20(24)21-18-12-8-7-9-13-18/h7-9,11-14,16-17H,2-6,10,15H2,1H3,(H-,21,22,24)/p+1. The number of hydrogen-bond donors (Lipinski definition) is 2. The molecule has 0 saturated carbocycles. The van der Waals surface area contributed by atoms with Gasteiger partial charge in [0.05, 0.1) is 0 Å². The number of para-hydroxylation sites is 1. The number of rotatable bonds is 9. The summed E-state index contributed by atoms with van der Waals surface area (Å²) in [6.45, 7) is 3.31. The number of nitrogens with zero attached hydrogens (tertiary/aromatic N) is 1. The minimum Gasteiger partial charge on any atom is -0.332 e. The summed E-state index contributed by atoms with van der Waals surface area (Å²) in [5.74, 6) is 0. The number of unbranched alkanes of at least 4 members (excludes halogenated alkanes) is 5. The first-order valence-electron chi connectivity index (χ1n) is 8.90. The molecule has 1 aromatic carbocycles. The van der Waals surface area contributed by atoms with Crippen molar-refractivity contribution in [2.45, 2.75) is 52.0 Å². The molecule has 1 aromatic heterocycles. The molecule has 1 heterocycles. The Morgan fingerprint density at radius 1 is 0.875 bits per heavy atom. The van der Waals surface area contributed by atoms with Crippen LogP contribution in [-0.4, -0.2) is 5.11 Å². The van der Waals surface area contributed by atoms with E-state index in [0.29, 0.717) is 5.11 Å². The maximum Gasteiger partial charge on any atom is 0.192 e. The number of benzene rings is 1. The summed E-state index contributed by atoms with van der Waals surface area (Å²) >= 11 is 5.38. The van der Waals surface area contributed by atoms with Crippen molar-refractivity contribution in [1.29, 1.82) is 0 Å². The van der Waals surface area contributed by atoms with Crippen LogP contribution in [0.1, 0.15) is 45.4 Å². The summed E-state index contributed by atoms with van der Waals surface area (Å²) in [6, 6.07) is 14.1. The maximum absolute atomic E-state index is 5.38. The first-order chi connectivity index (χ1) is 11.8. The second kappa shape index (κ2) is 10.8. The Morgan fingerprint density at radius 2 is 1.54 bits per heavy atom. The largest absolute Gasteiger partial charge is 0.332 e. The predicted molar refractivity (Wildman–Crippen MR) is 106 cm³/mol. The quantitative estimate of drug-likeness (QED) is 0.375. The lowest BCUT2D eigenvalue weighted by atomic mass is 10.1. The monoisotopic (exact) mass is 342 g/mol. The lowest BCUT2D eigenvalue weighted by Crippen LogP contribution is -2.33. The second-order valence-corrected chi connectivity index (χ2v) is 6.45. The number of thiocarbonyl (C=S) groups is 1. The van der Waals surface area contributed by atoms with E-state index in [-0.39, 0.29) is 0 Å². The van der Waals surface area contributed by atoms with Crippen LogP contribution >= 0.6 is 12.2 Å². The summed E-state index contributed by atoms with van der Waals surface area (Å²) in [7, 11) is 0. The van der Waals surface area contributed by atoms with E-state index >= 15 is 0 Å². The van der Waals surface area contributed by atoms with Crippen molar-refractivity contribution in [1.82, 2.24) is 0 Å². The predicted octanol–water partition coefficient (Wildman–Crippen LogP) is 5.14. The Hall–Kier alpha value is -1.94. The zero-order valence-electron chi connectivity index (χ0n) is 14.5. The fourth-order valence-corrected chi connectivity index (χ4v) is 2.86. The van der Waals surface area contributed by atoms with Gasteiger partial charge in [-0.1, -0.05) is 50.8 Å². The molecule has 128 valence electrons. The van der Waals surface area contributed by atoms with Gasteiger partial charge in [-0.2, -0.15) is 0 Å². The molecule has 0 fully saturated rings. The third-order valence-corrected chi connectivity index (χ3v) is 4.12. The minimum atomic E-state index is 0.610. The SMILES string of the molecule is CCCCCCCC[n+]1cccc(NC(=S)Nc2ccccc2)c1. The Morgan fingerprint density at radius 3 is 2.33 bits per heavy atom. The third kappa shape index (κ3) is 7.09. The highest BCUT2D eigenvalue weighted by atomic mass is 32.1. The molecule has 3 nitrogen and oxygen atoms in total. The molecular weight excluding hydrogens is 314 g/mol. The molecule has 0 unspecified atom stereocenters. The molecular formula is C20H28N3S+. The number of pyridine rings is 1. The Labute approximate surface area is 151 Å². The average molecular weight is 343 g/mol. The van der Waals surface area contributed by atoms with E-state index in [4.69, 9.17) is 12.2 Å². The molecule has 2 N–H and O–H groups in total. The Kier molecular flexibility index (Phi) is 8.25. The molecule has 24 heavy (non-hydrogen) atoms. The summed E-state index contributed by atoms with van der Waals surface area (Å²) in [4.78, 5) is 0. The third-order valence-electron chi connectivity index (χ3n) is 3.92. The van der Waals surface area contributed by atoms with E-state index in [1.54, 1.807) is 0 Å². The number of hydrogen-bond acceptors (Lipinski definition) is 1. The van der Waals surface area contributed by atoms with Gasteiger partial charge in [-0.25, -0.2) is 4.57 Å². The van der Waals surface area contributed by atoms with Gasteiger partial charge in [-0.15, -0.1) is 0 Å². The van der Waals surface area contributed by atoms with Crippen LogP contribution < -0.4 is 15.2 Å². The van der Waals surface area contributed by atoms with Crippen LogP contribution in [-0.2, 0) is 6.54 Å². The van der Waals surface area contributed by atoms with Gasteiger partial charge in [0.15, 0.2) is 17.5 Å². The first-order valence-corrected chi connectivity index (χ1v) is 9.31. The first kappa shape index (κ1) is 18.4. The van der Waals surface area contributed by atoms with E-state index in [0.717, 1.165) is 17.9 Å². The van der Waals surface area contributed by atoms with Crippen LogP contribution in [0.15, 0.2) is 54.9 Å². The van der Waals surface area contributed by atoms with Crippen LogP contribution in [0.25, 0.3) is 0 Å². The van der Waals surface area contributed by atoms with Gasteiger partial charge in [0.1, 0.15) is 12.2 Å². The van der Waals surface area contributed by atoms with E-state index in [1.165, 1.54) is 38.5 Å². The number of aryl methyl sites for hydroxylation is 1. The minimum absolute atomic E-state index is 0.610. The zero-order valence-corrected chi connectivity index (χ0v) is 15.3. The second-order valence-electron chi connectivity index (χ2n) is 6.04. The Balaban J connectivity index is 1.76. The normalized spacial score (nSPS) is 10.4. The maximum atomic E-state index is 5.38. The van der Waals surface area contributed by atoms with E-state index < -0.39 is 0 Å². The van der Waals surface area contributed by atoms with Gasteiger partial charge in [0.25, 0.3) is 0 Å². The smallest absolute Gasteiger partial charge is 0.192 e. The molecule has 2 rings (SSSR count). The molecule has 0 spiro atoms. The van der Waals surface area contributed by atoms with E-state index in [2.05, 4.69) is 40.6 Å². The average Bonchev–Trinajstić information content (AvgIpc) is 2.59. The van der Waals surface area contributed by atoms with Gasteiger partial charge in [-0.05, 0) is 36.8 Å². The van der Waals surface area contributed by atoms with Crippen LogP contribution in [0.5, 0.6) is 0 Å². The molecule has 0 bridgehead atoms. The molecule has 2 aromatic rings. The van der Waals surface area contributed by atoms with Gasteiger partial charge in [0.2, 0.25) is 0 Å². The van der Waals surface area contributed by atoms with Crippen LogP contribution in [0, 0.1) is 0 Å². The van der Waals surface area contributed by atoms with E-state index in [1.807, 2.05) is 36.4 Å². The van der Waals surface area contributed by atoms with Gasteiger partial charge >= 0.3 is 0 Å². The summed E-state index contributed by atoms with van der Waals surface area (Å²) in [6.07, 6.45) is 12.1. The van der Waals surface area contributed by atoms with Gasteiger partial charge < -0.3 is 10.6 Å². The van der Waals surface area contributed by atoms with Crippen molar-refractivity contribution >= 4 is 28.7 Å². The van der Waals surface area contributed by atoms with Gasteiger partial charge in [-0.3, -0.25) is 0 Å². The highest BCUT2D eigenvalue weighted by Gasteiger charge is 2.04. The van der Waals surface area contributed by atoms with Crippen LogP contribution in [0.4, 0.5) is 11.4 Å². The molecule has 0 radical (unpaired) electrons. The zero-order chi connectivity index (χ0) is 17.0. The molecule has 0 aliphatic carbocycles. The fourth-order valence-electron chi connectivity index (χ4n) is 2.62. The lowest BCUT2D eigenvalue weighted by Gasteiger charge is -2.09. The summed E-state index contributed by atoms with van der Waals surface area (Å²) in [5, 5.41) is 7.05. The number of nitrogens with one attached hydrogen (secondary N) is 2. The number of aromatic nitrogens is 1. The highest BCUT2D eigenvalue weighted by Crippen LogP contribution is 2.08. The molecule has 0 saturated heterocycles. The highest BCUT2D eigenvalue weighted by molar-refractivity contribution is 7.80. The fraction of sp³-hybridized carbons (Fsp3) is 0.400. The molecule has 0 amide bonds. The van der Waals surface area contributed by atoms with Crippen molar-refractivity contribution in [3.05, 3.63) is 54.9 Å². The van der Waals surface area contributed by atoms with Crippen molar-refractivity contribution in [2.24, 2.45) is 0 Å². The molecule has 0 aliphatic heterocycles. The number of anilines is 2. The topological polar surface area (TPSA) is 27.9 Å². The van der Waals surface area contributed by atoms with Crippen molar-refractivity contribution < 1.29 is 4.57 Å². The molecule has 0 atom stereocenters. The van der Waals surface area contributed by atoms with Gasteiger partial charge in [0, 0.05) is 18.2 Å². The van der Waals surface area contributed by atoms with Crippen molar-refractivity contribution in [2.75, 3.05) is 10.6 Å². The van der Waals surface area contributed by atoms with Crippen molar-refractivity contribution in [3.8, 4) is 0 Å². The molecule has 0 aliphatic rings. The summed E-state index contributed by atoms with van der Waals surface area (Å²) in [5.41, 5.74) is 2.00.